The van der Waals surface area contributed by atoms with Gasteiger partial charge in [0.25, 0.3) is 5.69 Å². The molecule has 0 atom stereocenters. The minimum Gasteiger partial charge on any atom is -0.478 e. The van der Waals surface area contributed by atoms with E-state index in [-0.39, 0.29) is 17.4 Å². The molecule has 21 heavy (non-hydrogen) atoms. The molecule has 0 aromatic heterocycles. The van der Waals surface area contributed by atoms with Gasteiger partial charge in [0.15, 0.2) is 0 Å². The van der Waals surface area contributed by atoms with Crippen LogP contribution in [0, 0.1) is 27.8 Å². The van der Waals surface area contributed by atoms with E-state index in [0.29, 0.717) is 11.8 Å². The normalized spacial score (nSPS) is 17.8. The summed E-state index contributed by atoms with van der Waals surface area (Å²) in [4.78, 5) is 21.3. The molecule has 0 bridgehead atoms. The van der Waals surface area contributed by atoms with Gasteiger partial charge < -0.3 is 10.4 Å². The van der Waals surface area contributed by atoms with Crippen molar-refractivity contribution in [1.29, 1.82) is 0 Å². The van der Waals surface area contributed by atoms with Gasteiger partial charge in [-0.3, -0.25) is 10.1 Å². The maximum atomic E-state index is 13.8. The van der Waals surface area contributed by atoms with Crippen LogP contribution < -0.4 is 5.32 Å². The van der Waals surface area contributed by atoms with Crippen molar-refractivity contribution >= 4 is 17.3 Å². The van der Waals surface area contributed by atoms with Crippen LogP contribution in [-0.4, -0.2) is 22.0 Å². The van der Waals surface area contributed by atoms with Crippen LogP contribution in [0.15, 0.2) is 12.1 Å². The van der Waals surface area contributed by atoms with Crippen molar-refractivity contribution < 1.29 is 19.2 Å². The molecule has 0 spiro atoms. The molecule has 2 aliphatic rings. The van der Waals surface area contributed by atoms with E-state index in [1.807, 2.05) is 0 Å². The second-order valence-corrected chi connectivity index (χ2v) is 5.76. The number of benzene rings is 1. The smallest absolute Gasteiger partial charge is 0.338 e. The number of carboxylic acid groups (broad SMARTS) is 1. The summed E-state index contributed by atoms with van der Waals surface area (Å²) in [6.45, 7) is 0. The van der Waals surface area contributed by atoms with Crippen LogP contribution in [0.5, 0.6) is 0 Å². The maximum Gasteiger partial charge on any atom is 0.338 e. The van der Waals surface area contributed by atoms with Crippen LogP contribution in [0.4, 0.5) is 15.8 Å². The highest BCUT2D eigenvalue weighted by molar-refractivity contribution is 5.90. The lowest BCUT2D eigenvalue weighted by Gasteiger charge is -2.19. The summed E-state index contributed by atoms with van der Waals surface area (Å²) in [5.41, 5.74) is -0.993. The van der Waals surface area contributed by atoms with Crippen LogP contribution in [0.25, 0.3) is 0 Å². The molecule has 6 nitrogen and oxygen atoms in total. The fraction of sp³-hybridized carbons (Fsp3) is 0.500. The summed E-state index contributed by atoms with van der Waals surface area (Å²) in [5.74, 6) is -1.50. The summed E-state index contributed by atoms with van der Waals surface area (Å²) in [5, 5.41) is 23.1. The Morgan fingerprint density at radius 3 is 2.33 bits per heavy atom. The topological polar surface area (TPSA) is 92.5 Å². The zero-order valence-electron chi connectivity index (χ0n) is 11.2. The molecule has 0 unspecified atom stereocenters. The van der Waals surface area contributed by atoms with Crippen molar-refractivity contribution in [2.24, 2.45) is 11.8 Å². The molecule has 2 aliphatic carbocycles. The first-order valence-electron chi connectivity index (χ1n) is 6.95. The van der Waals surface area contributed by atoms with Crippen molar-refractivity contribution in [2.75, 3.05) is 5.32 Å². The van der Waals surface area contributed by atoms with E-state index in [1.54, 1.807) is 0 Å². The van der Waals surface area contributed by atoms with Crippen LogP contribution in [0.2, 0.25) is 0 Å². The first kappa shape index (κ1) is 13.8. The van der Waals surface area contributed by atoms with Crippen LogP contribution >= 0.6 is 0 Å². The molecule has 1 aromatic rings. The molecule has 1 aromatic carbocycles. The molecule has 0 saturated heterocycles. The number of rotatable bonds is 6. The molecular formula is C14H15FN2O4. The molecule has 0 aliphatic heterocycles. The SMILES string of the molecule is O=C(O)c1cc([N+](=O)[O-])c(NC(C2CC2)C2CC2)cc1F. The predicted octanol–water partition coefficient (Wildman–Crippen LogP) is 3.03. The van der Waals surface area contributed by atoms with Gasteiger partial charge >= 0.3 is 5.97 Å². The number of anilines is 1. The highest BCUT2D eigenvalue weighted by Gasteiger charge is 2.42. The van der Waals surface area contributed by atoms with E-state index in [1.165, 1.54) is 0 Å². The van der Waals surface area contributed by atoms with Gasteiger partial charge in [-0.1, -0.05) is 0 Å². The van der Waals surface area contributed by atoms with Gasteiger partial charge in [-0.2, -0.15) is 0 Å². The lowest BCUT2D eigenvalue weighted by molar-refractivity contribution is -0.384. The van der Waals surface area contributed by atoms with Gasteiger partial charge in [0.1, 0.15) is 17.1 Å². The number of carbonyl (C=O) groups is 1. The monoisotopic (exact) mass is 294 g/mol. The highest BCUT2D eigenvalue weighted by atomic mass is 19.1. The fourth-order valence-electron chi connectivity index (χ4n) is 2.70. The molecule has 7 heteroatoms. The zero-order chi connectivity index (χ0) is 15.1. The Kier molecular flexibility index (Phi) is 3.27. The highest BCUT2D eigenvalue weighted by Crippen LogP contribution is 2.46. The largest absolute Gasteiger partial charge is 0.478 e. The molecule has 2 N–H and O–H groups in total. The number of aromatic carboxylic acids is 1. The summed E-state index contributed by atoms with van der Waals surface area (Å²) >= 11 is 0. The second kappa shape index (κ2) is 4.98. The maximum absolute atomic E-state index is 13.8. The van der Waals surface area contributed by atoms with E-state index >= 15 is 0 Å². The van der Waals surface area contributed by atoms with E-state index in [2.05, 4.69) is 5.32 Å². The van der Waals surface area contributed by atoms with Gasteiger partial charge in [0.2, 0.25) is 0 Å². The van der Waals surface area contributed by atoms with Gasteiger partial charge in [-0.15, -0.1) is 0 Å². The number of hydrogen-bond donors (Lipinski definition) is 2. The van der Waals surface area contributed by atoms with Crippen LogP contribution in [-0.2, 0) is 0 Å². The third-order valence-corrected chi connectivity index (χ3v) is 4.09. The standard InChI is InChI=1S/C14H15FN2O4/c15-10-6-11(12(17(20)21)5-9(10)14(18)19)16-13(7-1-2-7)8-3-4-8/h5-8,13,16H,1-4H2,(H,18,19). The van der Waals surface area contributed by atoms with Crippen LogP contribution in [0.3, 0.4) is 0 Å². The number of nitrogens with one attached hydrogen (secondary N) is 1. The number of nitro groups is 1. The minimum absolute atomic E-state index is 0.0753. The fourth-order valence-corrected chi connectivity index (χ4v) is 2.70. The minimum atomic E-state index is -1.51. The van der Waals surface area contributed by atoms with E-state index in [9.17, 15) is 19.3 Å². The zero-order valence-corrected chi connectivity index (χ0v) is 11.2. The molecule has 0 amide bonds. The number of carboxylic acids is 1. The molecule has 3 rings (SSSR count). The molecule has 112 valence electrons. The predicted molar refractivity (Wildman–Crippen MR) is 72.9 cm³/mol. The van der Waals surface area contributed by atoms with Crippen molar-refractivity contribution in [3.63, 3.8) is 0 Å². The van der Waals surface area contributed by atoms with Gasteiger partial charge in [0, 0.05) is 18.2 Å². The Bertz CT molecular complexity index is 599. The van der Waals surface area contributed by atoms with Gasteiger partial charge in [-0.05, 0) is 37.5 Å². The third kappa shape index (κ3) is 2.81. The Balaban J connectivity index is 1.94. The molecule has 2 fully saturated rings. The van der Waals surface area contributed by atoms with E-state index in [0.717, 1.165) is 37.8 Å². The summed E-state index contributed by atoms with van der Waals surface area (Å²) in [6, 6.07) is 1.84. The van der Waals surface area contributed by atoms with E-state index in [4.69, 9.17) is 5.11 Å². The number of nitro benzene ring substituents is 1. The van der Waals surface area contributed by atoms with Crippen LogP contribution in [0.1, 0.15) is 36.0 Å². The summed E-state index contributed by atoms with van der Waals surface area (Å²) < 4.78 is 13.8. The van der Waals surface area contributed by atoms with Gasteiger partial charge in [0.05, 0.1) is 4.92 Å². The first-order chi connectivity index (χ1) is 9.97. The second-order valence-electron chi connectivity index (χ2n) is 5.76. The summed E-state index contributed by atoms with van der Waals surface area (Å²) in [7, 11) is 0. The number of hydrogen-bond acceptors (Lipinski definition) is 4. The Labute approximate surface area is 120 Å². The lowest BCUT2D eigenvalue weighted by atomic mass is 10.1. The molecule has 0 radical (unpaired) electrons. The Morgan fingerprint density at radius 1 is 1.33 bits per heavy atom. The Morgan fingerprint density at radius 2 is 1.90 bits per heavy atom. The lowest BCUT2D eigenvalue weighted by Crippen LogP contribution is -2.25. The van der Waals surface area contributed by atoms with Gasteiger partial charge in [-0.25, -0.2) is 9.18 Å². The number of halogens is 1. The molecule has 2 saturated carbocycles. The van der Waals surface area contributed by atoms with E-state index < -0.39 is 22.3 Å². The average Bonchev–Trinajstić information content (AvgIpc) is 3.26. The first-order valence-corrected chi connectivity index (χ1v) is 6.95. The van der Waals surface area contributed by atoms with Crippen molar-refractivity contribution in [2.45, 2.75) is 31.7 Å². The summed E-state index contributed by atoms with van der Waals surface area (Å²) in [6.07, 6.45) is 4.32. The Hall–Kier alpha value is -2.18. The average molecular weight is 294 g/mol. The molecule has 0 heterocycles. The van der Waals surface area contributed by atoms with Crippen molar-refractivity contribution in [3.8, 4) is 0 Å². The van der Waals surface area contributed by atoms with Crippen molar-refractivity contribution in [3.05, 3.63) is 33.6 Å². The number of nitrogens with zero attached hydrogens (tertiary/aromatic N) is 1. The molecular weight excluding hydrogens is 279 g/mol. The third-order valence-electron chi connectivity index (χ3n) is 4.09. The van der Waals surface area contributed by atoms with Crippen molar-refractivity contribution in [1.82, 2.24) is 0 Å². The quantitative estimate of drug-likeness (QED) is 0.621.